The van der Waals surface area contributed by atoms with Crippen LogP contribution in [0.25, 0.3) is 0 Å². The fourth-order valence-electron chi connectivity index (χ4n) is 2.10. The van der Waals surface area contributed by atoms with E-state index in [-0.39, 0.29) is 0 Å². The Bertz CT molecular complexity index is 282. The Morgan fingerprint density at radius 2 is 1.81 bits per heavy atom. The van der Waals surface area contributed by atoms with Crippen molar-refractivity contribution in [3.8, 4) is 0 Å². The molecule has 0 saturated carbocycles. The minimum atomic E-state index is 0.466. The van der Waals surface area contributed by atoms with E-state index in [0.717, 1.165) is 13.1 Å². The SMILES string of the molecule is CNCC(c1ccccc1)N(C)CC(C)C. The minimum Gasteiger partial charge on any atom is -0.318 e. The maximum absolute atomic E-state index is 3.28. The van der Waals surface area contributed by atoms with Crippen LogP contribution in [0.15, 0.2) is 30.3 Å². The lowest BCUT2D eigenvalue weighted by molar-refractivity contribution is 0.216. The molecule has 0 spiro atoms. The summed E-state index contributed by atoms with van der Waals surface area (Å²) in [6.07, 6.45) is 0. The summed E-state index contributed by atoms with van der Waals surface area (Å²) in [6.45, 7) is 6.64. The van der Waals surface area contributed by atoms with Gasteiger partial charge in [0.1, 0.15) is 0 Å². The van der Waals surface area contributed by atoms with E-state index < -0.39 is 0 Å². The van der Waals surface area contributed by atoms with Crippen molar-refractivity contribution in [2.75, 3.05) is 27.2 Å². The second-order valence-corrected chi connectivity index (χ2v) is 4.82. The van der Waals surface area contributed by atoms with Gasteiger partial charge in [-0.05, 0) is 25.6 Å². The first-order valence-electron chi connectivity index (χ1n) is 6.05. The van der Waals surface area contributed by atoms with Gasteiger partial charge in [-0.15, -0.1) is 0 Å². The maximum Gasteiger partial charge on any atom is 0.0469 e. The molecule has 16 heavy (non-hydrogen) atoms. The fraction of sp³-hybridized carbons (Fsp3) is 0.571. The Morgan fingerprint density at radius 3 is 2.31 bits per heavy atom. The predicted molar refractivity (Wildman–Crippen MR) is 70.6 cm³/mol. The zero-order valence-electron chi connectivity index (χ0n) is 10.9. The standard InChI is InChI=1S/C14H24N2/c1-12(2)11-16(4)14(10-15-3)13-8-6-5-7-9-13/h5-9,12,14-15H,10-11H2,1-4H3. The second-order valence-electron chi connectivity index (χ2n) is 4.82. The van der Waals surface area contributed by atoms with Gasteiger partial charge in [0.05, 0.1) is 0 Å². The highest BCUT2D eigenvalue weighted by atomic mass is 15.1. The van der Waals surface area contributed by atoms with Crippen LogP contribution in [0.4, 0.5) is 0 Å². The zero-order valence-corrected chi connectivity index (χ0v) is 10.9. The number of likely N-dealkylation sites (N-methyl/N-ethyl adjacent to an activating group) is 2. The van der Waals surface area contributed by atoms with Crippen LogP contribution >= 0.6 is 0 Å². The van der Waals surface area contributed by atoms with E-state index in [1.807, 2.05) is 7.05 Å². The highest BCUT2D eigenvalue weighted by molar-refractivity contribution is 5.19. The molecule has 0 aliphatic carbocycles. The molecule has 1 atom stereocenters. The van der Waals surface area contributed by atoms with Crippen LogP contribution in [0, 0.1) is 5.92 Å². The van der Waals surface area contributed by atoms with Crippen LogP contribution in [-0.4, -0.2) is 32.1 Å². The summed E-state index contributed by atoms with van der Waals surface area (Å²) in [4.78, 5) is 2.43. The van der Waals surface area contributed by atoms with E-state index in [9.17, 15) is 0 Å². The first kappa shape index (κ1) is 13.2. The smallest absolute Gasteiger partial charge is 0.0469 e. The van der Waals surface area contributed by atoms with Gasteiger partial charge in [0.25, 0.3) is 0 Å². The van der Waals surface area contributed by atoms with Crippen molar-refractivity contribution in [2.24, 2.45) is 5.92 Å². The Labute approximate surface area is 99.7 Å². The molecular formula is C14H24N2. The Hall–Kier alpha value is -0.860. The normalized spacial score (nSPS) is 13.4. The average Bonchev–Trinajstić information content (AvgIpc) is 2.26. The number of nitrogens with zero attached hydrogens (tertiary/aromatic N) is 1. The van der Waals surface area contributed by atoms with Crippen LogP contribution in [0.1, 0.15) is 25.5 Å². The number of benzene rings is 1. The molecule has 0 aliphatic heterocycles. The Kier molecular flexibility index (Phi) is 5.50. The molecule has 2 heteroatoms. The van der Waals surface area contributed by atoms with Gasteiger partial charge in [-0.1, -0.05) is 44.2 Å². The molecule has 90 valence electrons. The first-order valence-corrected chi connectivity index (χ1v) is 6.05. The van der Waals surface area contributed by atoms with Crippen LogP contribution in [0.5, 0.6) is 0 Å². The number of hydrogen-bond donors (Lipinski definition) is 1. The van der Waals surface area contributed by atoms with Crippen molar-refractivity contribution in [1.82, 2.24) is 10.2 Å². The molecule has 1 N–H and O–H groups in total. The molecule has 0 amide bonds. The third kappa shape index (κ3) is 3.95. The summed E-state index contributed by atoms with van der Waals surface area (Å²) in [5, 5.41) is 3.28. The molecular weight excluding hydrogens is 196 g/mol. The van der Waals surface area contributed by atoms with Crippen LogP contribution in [-0.2, 0) is 0 Å². The second kappa shape index (κ2) is 6.66. The van der Waals surface area contributed by atoms with Crippen LogP contribution in [0.3, 0.4) is 0 Å². The van der Waals surface area contributed by atoms with Gasteiger partial charge in [0.2, 0.25) is 0 Å². The highest BCUT2D eigenvalue weighted by Gasteiger charge is 2.16. The van der Waals surface area contributed by atoms with Gasteiger partial charge in [-0.3, -0.25) is 4.90 Å². The molecule has 1 aromatic rings. The van der Waals surface area contributed by atoms with Gasteiger partial charge < -0.3 is 5.32 Å². The van der Waals surface area contributed by atoms with Crippen molar-refractivity contribution in [1.29, 1.82) is 0 Å². The minimum absolute atomic E-state index is 0.466. The fourth-order valence-corrected chi connectivity index (χ4v) is 2.10. The third-order valence-electron chi connectivity index (χ3n) is 2.77. The summed E-state index contributed by atoms with van der Waals surface area (Å²) in [7, 11) is 4.22. The summed E-state index contributed by atoms with van der Waals surface area (Å²) in [5.74, 6) is 0.702. The third-order valence-corrected chi connectivity index (χ3v) is 2.77. The molecule has 0 heterocycles. The lowest BCUT2D eigenvalue weighted by Crippen LogP contribution is -2.34. The van der Waals surface area contributed by atoms with E-state index in [4.69, 9.17) is 0 Å². The summed E-state index contributed by atoms with van der Waals surface area (Å²) >= 11 is 0. The monoisotopic (exact) mass is 220 g/mol. The largest absolute Gasteiger partial charge is 0.318 e. The van der Waals surface area contributed by atoms with Crippen molar-refractivity contribution >= 4 is 0 Å². The van der Waals surface area contributed by atoms with Gasteiger partial charge in [0, 0.05) is 19.1 Å². The lowest BCUT2D eigenvalue weighted by atomic mass is 10.0. The molecule has 1 rings (SSSR count). The Balaban J connectivity index is 2.74. The molecule has 0 radical (unpaired) electrons. The molecule has 0 aromatic heterocycles. The van der Waals surface area contributed by atoms with Crippen molar-refractivity contribution in [3.63, 3.8) is 0 Å². The lowest BCUT2D eigenvalue weighted by Gasteiger charge is -2.29. The maximum atomic E-state index is 3.28. The number of nitrogens with one attached hydrogen (secondary N) is 1. The molecule has 2 nitrogen and oxygen atoms in total. The summed E-state index contributed by atoms with van der Waals surface area (Å²) < 4.78 is 0. The molecule has 1 unspecified atom stereocenters. The molecule has 0 aliphatic rings. The molecule has 1 aromatic carbocycles. The van der Waals surface area contributed by atoms with E-state index in [1.165, 1.54) is 5.56 Å². The molecule has 0 fully saturated rings. The van der Waals surface area contributed by atoms with Crippen molar-refractivity contribution < 1.29 is 0 Å². The van der Waals surface area contributed by atoms with E-state index >= 15 is 0 Å². The summed E-state index contributed by atoms with van der Waals surface area (Å²) in [5.41, 5.74) is 1.39. The molecule has 0 saturated heterocycles. The zero-order chi connectivity index (χ0) is 12.0. The van der Waals surface area contributed by atoms with Gasteiger partial charge in [-0.2, -0.15) is 0 Å². The predicted octanol–water partition coefficient (Wildman–Crippen LogP) is 2.53. The quantitative estimate of drug-likeness (QED) is 0.792. The topological polar surface area (TPSA) is 15.3 Å². The highest BCUT2D eigenvalue weighted by Crippen LogP contribution is 2.19. The first-order chi connectivity index (χ1) is 7.65. The number of hydrogen-bond acceptors (Lipinski definition) is 2. The van der Waals surface area contributed by atoms with E-state index in [1.54, 1.807) is 0 Å². The van der Waals surface area contributed by atoms with Gasteiger partial charge in [-0.25, -0.2) is 0 Å². The molecule has 0 bridgehead atoms. The van der Waals surface area contributed by atoms with Gasteiger partial charge in [0.15, 0.2) is 0 Å². The van der Waals surface area contributed by atoms with Crippen LogP contribution in [0.2, 0.25) is 0 Å². The van der Waals surface area contributed by atoms with Crippen molar-refractivity contribution in [3.05, 3.63) is 35.9 Å². The van der Waals surface area contributed by atoms with Crippen LogP contribution < -0.4 is 5.32 Å². The van der Waals surface area contributed by atoms with Gasteiger partial charge >= 0.3 is 0 Å². The van der Waals surface area contributed by atoms with Crippen molar-refractivity contribution in [2.45, 2.75) is 19.9 Å². The number of rotatable bonds is 6. The summed E-state index contributed by atoms with van der Waals surface area (Å²) in [6, 6.07) is 11.2. The van der Waals surface area contributed by atoms with E-state index in [2.05, 4.69) is 61.4 Å². The Morgan fingerprint density at radius 1 is 1.19 bits per heavy atom. The average molecular weight is 220 g/mol. The van der Waals surface area contributed by atoms with E-state index in [0.29, 0.717) is 12.0 Å².